The second-order valence-corrected chi connectivity index (χ2v) is 11.8. The number of thioether (sulfide) groups is 1. The minimum absolute atomic E-state index is 0.104. The highest BCUT2D eigenvalue weighted by molar-refractivity contribution is 8.00. The van der Waals surface area contributed by atoms with E-state index in [9.17, 15) is 4.79 Å². The highest BCUT2D eigenvalue weighted by Crippen LogP contribution is 2.29. The van der Waals surface area contributed by atoms with Gasteiger partial charge in [-0.1, -0.05) is 85.5 Å². The first kappa shape index (κ1) is 22.8. The first-order chi connectivity index (χ1) is 15.3. The number of amides is 1. The molecule has 0 spiro atoms. The number of rotatable bonds is 6. The maximum atomic E-state index is 12.6. The average molecular weight is 500 g/mol. The van der Waals surface area contributed by atoms with E-state index in [1.807, 2.05) is 30.3 Å². The minimum atomic E-state index is -0.228. The summed E-state index contributed by atoms with van der Waals surface area (Å²) in [5.74, 6) is 0.610. The fourth-order valence-corrected chi connectivity index (χ4v) is 5.82. The van der Waals surface area contributed by atoms with Gasteiger partial charge in [0.15, 0.2) is 8.29 Å². The van der Waals surface area contributed by atoms with Crippen LogP contribution in [0.2, 0.25) is 0 Å². The Morgan fingerprint density at radius 2 is 1.78 bits per heavy atom. The van der Waals surface area contributed by atoms with Crippen LogP contribution >= 0.6 is 46.7 Å². The van der Waals surface area contributed by atoms with E-state index in [2.05, 4.69) is 53.5 Å². The smallest absolute Gasteiger partial charge is 0.257 e. The number of hydrogen-bond acceptors (Lipinski definition) is 8. The molecule has 0 atom stereocenters. The quantitative estimate of drug-likeness (QED) is 0.246. The van der Waals surface area contributed by atoms with E-state index >= 15 is 0 Å². The highest BCUT2D eigenvalue weighted by Gasteiger charge is 2.20. The first-order valence-electron chi connectivity index (χ1n) is 9.82. The van der Waals surface area contributed by atoms with Gasteiger partial charge in [-0.25, -0.2) is 4.68 Å². The predicted molar refractivity (Wildman–Crippen MR) is 135 cm³/mol. The van der Waals surface area contributed by atoms with Crippen LogP contribution in [0.3, 0.4) is 0 Å². The second-order valence-electron chi connectivity index (χ2n) is 7.98. The molecular weight excluding hydrogens is 479 g/mol. The molecule has 0 fully saturated rings. The zero-order chi connectivity index (χ0) is 22.7. The standard InChI is InChI=1S/C22H21N5OS4/c1-22(2,3)18-24-25-19(31-18)23-17(28)15-9-11-16(12-10-15)27-21(29)32-20(26-27)30-13-14-7-5-4-6-8-14/h4-12H,13H2,1-3H3,(H,23,25,28). The molecule has 0 aliphatic carbocycles. The Hall–Kier alpha value is -2.40. The number of anilines is 1. The summed E-state index contributed by atoms with van der Waals surface area (Å²) < 4.78 is 3.31. The van der Waals surface area contributed by atoms with Crippen LogP contribution in [-0.4, -0.2) is 25.9 Å². The SMILES string of the molecule is CC(C)(C)c1nnc(NC(=O)c2ccc(-n3nc(SCc4ccccc4)sc3=S)cc2)s1. The maximum absolute atomic E-state index is 12.6. The molecule has 0 unspecified atom stereocenters. The van der Waals surface area contributed by atoms with E-state index in [4.69, 9.17) is 12.2 Å². The normalized spacial score (nSPS) is 11.5. The number of carbonyl (C=O) groups is 1. The summed E-state index contributed by atoms with van der Waals surface area (Å²) in [6, 6.07) is 17.5. The number of hydrogen-bond donors (Lipinski definition) is 1. The average Bonchev–Trinajstić information content (AvgIpc) is 3.39. The van der Waals surface area contributed by atoms with Gasteiger partial charge in [0.2, 0.25) is 5.13 Å². The van der Waals surface area contributed by atoms with Gasteiger partial charge in [0, 0.05) is 16.7 Å². The number of nitrogens with zero attached hydrogens (tertiary/aromatic N) is 4. The van der Waals surface area contributed by atoms with Crippen LogP contribution in [0.1, 0.15) is 41.7 Å². The molecule has 1 N–H and O–H groups in total. The summed E-state index contributed by atoms with van der Waals surface area (Å²) in [4.78, 5) is 12.6. The molecule has 0 bridgehead atoms. The van der Waals surface area contributed by atoms with Crippen LogP contribution < -0.4 is 5.32 Å². The van der Waals surface area contributed by atoms with E-state index in [1.54, 1.807) is 28.6 Å². The Labute approximate surface area is 203 Å². The van der Waals surface area contributed by atoms with Crippen LogP contribution in [-0.2, 0) is 11.2 Å². The third kappa shape index (κ3) is 5.50. The third-order valence-corrected chi connectivity index (χ3v) is 8.10. The molecule has 164 valence electrons. The summed E-state index contributed by atoms with van der Waals surface area (Å²) >= 11 is 10.0. The molecule has 0 saturated carbocycles. The largest absolute Gasteiger partial charge is 0.296 e. The van der Waals surface area contributed by atoms with Crippen LogP contribution in [0, 0.1) is 3.95 Å². The molecule has 1 amide bonds. The summed E-state index contributed by atoms with van der Waals surface area (Å²) in [7, 11) is 0. The highest BCUT2D eigenvalue weighted by atomic mass is 32.2. The maximum Gasteiger partial charge on any atom is 0.257 e. The van der Waals surface area contributed by atoms with Gasteiger partial charge in [-0.3, -0.25) is 10.1 Å². The van der Waals surface area contributed by atoms with Gasteiger partial charge in [0.25, 0.3) is 5.91 Å². The third-order valence-electron chi connectivity index (χ3n) is 4.40. The van der Waals surface area contributed by atoms with Crippen molar-refractivity contribution in [2.24, 2.45) is 0 Å². The van der Waals surface area contributed by atoms with Gasteiger partial charge in [0.05, 0.1) is 5.69 Å². The lowest BCUT2D eigenvalue weighted by Gasteiger charge is -2.12. The molecule has 2 aromatic carbocycles. The van der Waals surface area contributed by atoms with Crippen LogP contribution in [0.4, 0.5) is 5.13 Å². The zero-order valence-electron chi connectivity index (χ0n) is 17.7. The van der Waals surface area contributed by atoms with Crippen molar-refractivity contribution in [3.8, 4) is 5.69 Å². The number of carbonyl (C=O) groups excluding carboxylic acids is 1. The number of benzene rings is 2. The van der Waals surface area contributed by atoms with E-state index in [0.717, 1.165) is 20.8 Å². The van der Waals surface area contributed by atoms with E-state index in [1.165, 1.54) is 28.2 Å². The van der Waals surface area contributed by atoms with Crippen molar-refractivity contribution < 1.29 is 4.79 Å². The molecule has 4 rings (SSSR count). The van der Waals surface area contributed by atoms with Crippen molar-refractivity contribution in [2.75, 3.05) is 5.32 Å². The van der Waals surface area contributed by atoms with E-state index in [0.29, 0.717) is 14.6 Å². The Balaban J connectivity index is 1.43. The van der Waals surface area contributed by atoms with Crippen molar-refractivity contribution in [3.63, 3.8) is 0 Å². The molecular formula is C22H21N5OS4. The lowest BCUT2D eigenvalue weighted by atomic mass is 9.98. The van der Waals surface area contributed by atoms with E-state index in [-0.39, 0.29) is 11.3 Å². The number of aromatic nitrogens is 4. The van der Waals surface area contributed by atoms with Crippen LogP contribution in [0.5, 0.6) is 0 Å². The molecule has 2 heterocycles. The van der Waals surface area contributed by atoms with Gasteiger partial charge >= 0.3 is 0 Å². The summed E-state index contributed by atoms with van der Waals surface area (Å²) in [5.41, 5.74) is 2.49. The Morgan fingerprint density at radius 1 is 1.06 bits per heavy atom. The van der Waals surface area contributed by atoms with E-state index < -0.39 is 0 Å². The predicted octanol–water partition coefficient (Wildman–Crippen LogP) is 6.36. The molecule has 4 aromatic rings. The van der Waals surface area contributed by atoms with Crippen molar-refractivity contribution in [3.05, 3.63) is 74.7 Å². The fraction of sp³-hybridized carbons (Fsp3) is 0.227. The Bertz CT molecular complexity index is 1270. The summed E-state index contributed by atoms with van der Waals surface area (Å²) in [6.07, 6.45) is 0. The van der Waals surface area contributed by atoms with Gasteiger partial charge in [-0.2, -0.15) is 0 Å². The summed E-state index contributed by atoms with van der Waals surface area (Å²) in [5, 5.41) is 17.1. The lowest BCUT2D eigenvalue weighted by molar-refractivity contribution is 0.102. The van der Waals surface area contributed by atoms with Crippen LogP contribution in [0.25, 0.3) is 5.69 Å². The Morgan fingerprint density at radius 3 is 2.44 bits per heavy atom. The molecule has 0 radical (unpaired) electrons. The molecule has 2 aromatic heterocycles. The van der Waals surface area contributed by atoms with Gasteiger partial charge in [-0.05, 0) is 42.0 Å². The molecule has 0 aliphatic rings. The van der Waals surface area contributed by atoms with Gasteiger partial charge < -0.3 is 0 Å². The molecule has 6 nitrogen and oxygen atoms in total. The second kappa shape index (κ2) is 9.62. The van der Waals surface area contributed by atoms with Crippen molar-refractivity contribution in [2.45, 2.75) is 36.3 Å². The lowest BCUT2D eigenvalue weighted by Crippen LogP contribution is -2.11. The van der Waals surface area contributed by atoms with Crippen LogP contribution in [0.15, 0.2) is 58.9 Å². The number of nitrogens with one attached hydrogen (secondary N) is 1. The topological polar surface area (TPSA) is 72.7 Å². The Kier molecular flexibility index (Phi) is 6.85. The summed E-state index contributed by atoms with van der Waals surface area (Å²) in [6.45, 7) is 6.19. The van der Waals surface area contributed by atoms with Crippen molar-refractivity contribution in [1.29, 1.82) is 0 Å². The fourth-order valence-electron chi connectivity index (χ4n) is 2.70. The van der Waals surface area contributed by atoms with Crippen molar-refractivity contribution >= 4 is 57.7 Å². The monoisotopic (exact) mass is 499 g/mol. The molecule has 32 heavy (non-hydrogen) atoms. The van der Waals surface area contributed by atoms with Gasteiger partial charge in [0.1, 0.15) is 5.01 Å². The molecule has 10 heteroatoms. The van der Waals surface area contributed by atoms with Gasteiger partial charge in [-0.15, -0.1) is 15.3 Å². The minimum Gasteiger partial charge on any atom is -0.296 e. The molecule has 0 aliphatic heterocycles. The first-order valence-corrected chi connectivity index (χ1v) is 12.8. The zero-order valence-corrected chi connectivity index (χ0v) is 21.0. The molecule has 0 saturated heterocycles. The van der Waals surface area contributed by atoms with Crippen molar-refractivity contribution in [1.82, 2.24) is 20.0 Å².